The fourth-order valence-electron chi connectivity index (χ4n) is 2.21. The van der Waals surface area contributed by atoms with E-state index in [0.29, 0.717) is 18.0 Å². The van der Waals surface area contributed by atoms with Gasteiger partial charge >= 0.3 is 5.97 Å². The first-order valence-corrected chi connectivity index (χ1v) is 8.01. The molecule has 1 aromatic carbocycles. The lowest BCUT2D eigenvalue weighted by Gasteiger charge is -2.21. The zero-order valence-corrected chi connectivity index (χ0v) is 13.2. The lowest BCUT2D eigenvalue weighted by atomic mass is 10.2. The number of carbonyl (C=O) groups excluding carboxylic acids is 1. The Kier molecular flexibility index (Phi) is 5.87. The highest BCUT2D eigenvalue weighted by atomic mass is 32.2. The maximum Gasteiger partial charge on any atom is 0.351 e. The molecule has 0 fully saturated rings. The van der Waals surface area contributed by atoms with Crippen LogP contribution in [0.2, 0.25) is 0 Å². The fourth-order valence-corrected chi connectivity index (χ4v) is 3.38. The lowest BCUT2D eigenvalue weighted by Crippen LogP contribution is -2.23. The van der Waals surface area contributed by atoms with Crippen LogP contribution >= 0.6 is 11.8 Å². The molecule has 116 valence electrons. The van der Waals surface area contributed by atoms with E-state index >= 15 is 0 Å². The number of anilines is 1. The summed E-state index contributed by atoms with van der Waals surface area (Å²) < 4.78 is 4.98. The van der Waals surface area contributed by atoms with Gasteiger partial charge in [-0.25, -0.2) is 4.79 Å². The smallest absolute Gasteiger partial charge is 0.351 e. The Labute approximate surface area is 134 Å². The van der Waals surface area contributed by atoms with Crippen LogP contribution in [-0.2, 0) is 9.53 Å². The zero-order valence-electron chi connectivity index (χ0n) is 12.4. The third kappa shape index (κ3) is 3.43. The molecule has 0 atom stereocenters. The molecule has 5 nitrogen and oxygen atoms in total. The van der Waals surface area contributed by atoms with E-state index in [9.17, 15) is 10.1 Å². The zero-order chi connectivity index (χ0) is 15.9. The molecule has 0 amide bonds. The molecule has 0 aliphatic carbocycles. The van der Waals surface area contributed by atoms with Gasteiger partial charge in [0.25, 0.3) is 0 Å². The molecule has 1 heterocycles. The second kappa shape index (κ2) is 7.87. The maximum absolute atomic E-state index is 12.0. The third-order valence-corrected chi connectivity index (χ3v) is 4.39. The lowest BCUT2D eigenvalue weighted by molar-refractivity contribution is -0.138. The van der Waals surface area contributed by atoms with Crippen LogP contribution < -0.4 is 4.90 Å². The van der Waals surface area contributed by atoms with Crippen LogP contribution in [0.3, 0.4) is 0 Å². The Morgan fingerprint density at radius 3 is 2.86 bits per heavy atom. The fraction of sp³-hybridized carbons (Fsp3) is 0.375. The van der Waals surface area contributed by atoms with Gasteiger partial charge in [0.1, 0.15) is 11.1 Å². The number of nitrogens with zero attached hydrogens (tertiary/aromatic N) is 2. The van der Waals surface area contributed by atoms with Crippen molar-refractivity contribution in [3.05, 3.63) is 34.9 Å². The number of esters is 1. The minimum absolute atomic E-state index is 0.0343. The summed E-state index contributed by atoms with van der Waals surface area (Å²) in [6.07, 6.45) is 1.45. The molecule has 0 saturated carbocycles. The number of aliphatic hydroxyl groups excluding tert-OH is 1. The Morgan fingerprint density at radius 1 is 1.41 bits per heavy atom. The molecule has 0 radical (unpaired) electrons. The van der Waals surface area contributed by atoms with Crippen molar-refractivity contribution in [3.63, 3.8) is 0 Å². The Hall–Kier alpha value is -1.97. The summed E-state index contributed by atoms with van der Waals surface area (Å²) in [4.78, 5) is 15.0. The van der Waals surface area contributed by atoms with Gasteiger partial charge < -0.3 is 14.7 Å². The largest absolute Gasteiger partial charge is 0.462 e. The van der Waals surface area contributed by atoms with E-state index in [4.69, 9.17) is 9.84 Å². The summed E-state index contributed by atoms with van der Waals surface area (Å²) in [5.41, 5.74) is 1.02. The maximum atomic E-state index is 12.0. The summed E-state index contributed by atoms with van der Waals surface area (Å²) in [5, 5.41) is 18.9. The van der Waals surface area contributed by atoms with Crippen LogP contribution in [-0.4, -0.2) is 30.8 Å². The van der Waals surface area contributed by atoms with Gasteiger partial charge in [0.2, 0.25) is 0 Å². The van der Waals surface area contributed by atoms with E-state index in [0.717, 1.165) is 17.0 Å². The Balaban J connectivity index is 2.37. The third-order valence-electron chi connectivity index (χ3n) is 3.20. The van der Waals surface area contributed by atoms with Crippen LogP contribution in [0, 0.1) is 11.3 Å². The van der Waals surface area contributed by atoms with Gasteiger partial charge in [-0.15, -0.1) is 0 Å². The molecule has 0 aromatic heterocycles. The highest BCUT2D eigenvalue weighted by Gasteiger charge is 2.30. The van der Waals surface area contributed by atoms with Gasteiger partial charge in [0.15, 0.2) is 5.57 Å². The van der Waals surface area contributed by atoms with Crippen molar-refractivity contribution < 1.29 is 14.6 Å². The first-order chi connectivity index (χ1) is 10.7. The molecule has 2 rings (SSSR count). The quantitative estimate of drug-likeness (QED) is 0.376. The van der Waals surface area contributed by atoms with E-state index < -0.39 is 5.97 Å². The number of thioether (sulfide) groups is 1. The van der Waals surface area contributed by atoms with Gasteiger partial charge in [-0.2, -0.15) is 5.26 Å². The number of hydrogen-bond donors (Lipinski definition) is 1. The van der Waals surface area contributed by atoms with Crippen molar-refractivity contribution in [3.8, 4) is 6.07 Å². The average Bonchev–Trinajstić information content (AvgIpc) is 2.87. The number of benzene rings is 1. The average molecular weight is 318 g/mol. The highest BCUT2D eigenvalue weighted by Crippen LogP contribution is 2.47. The molecule has 0 saturated heterocycles. The van der Waals surface area contributed by atoms with Crippen LogP contribution in [0.5, 0.6) is 0 Å². The molecular weight excluding hydrogens is 300 g/mol. The van der Waals surface area contributed by atoms with Gasteiger partial charge in [-0.3, -0.25) is 0 Å². The van der Waals surface area contributed by atoms with Gasteiger partial charge in [-0.1, -0.05) is 23.9 Å². The summed E-state index contributed by atoms with van der Waals surface area (Å²) in [6, 6.07) is 9.76. The minimum atomic E-state index is -0.590. The van der Waals surface area contributed by atoms with Crippen molar-refractivity contribution >= 4 is 23.4 Å². The van der Waals surface area contributed by atoms with E-state index in [1.807, 2.05) is 35.2 Å². The van der Waals surface area contributed by atoms with E-state index in [-0.39, 0.29) is 18.8 Å². The van der Waals surface area contributed by atoms with Crippen molar-refractivity contribution in [2.24, 2.45) is 0 Å². The number of para-hydroxylation sites is 1. The molecule has 0 spiro atoms. The number of unbranched alkanes of at least 4 members (excludes halogenated alkanes) is 1. The molecule has 1 N–H and O–H groups in total. The van der Waals surface area contributed by atoms with E-state index in [1.54, 1.807) is 6.92 Å². The van der Waals surface area contributed by atoms with Crippen LogP contribution in [0.25, 0.3) is 0 Å². The van der Waals surface area contributed by atoms with E-state index in [1.165, 1.54) is 11.8 Å². The molecule has 1 aromatic rings. The van der Waals surface area contributed by atoms with Gasteiger partial charge in [0, 0.05) is 18.0 Å². The first kappa shape index (κ1) is 16.4. The summed E-state index contributed by atoms with van der Waals surface area (Å²) >= 11 is 1.41. The number of fused-ring (bicyclic) bond motifs is 1. The molecule has 0 unspecified atom stereocenters. The summed E-state index contributed by atoms with van der Waals surface area (Å²) in [5.74, 6) is -0.590. The van der Waals surface area contributed by atoms with Gasteiger partial charge in [-0.05, 0) is 31.9 Å². The highest BCUT2D eigenvalue weighted by molar-refractivity contribution is 8.03. The SMILES string of the molecule is CCOC(=O)/C(C#N)=C1\Sc2ccccc2N1CCCCO. The standard InChI is InChI=1S/C16H18N2O3S/c1-2-21-16(20)12(11-17)15-18(9-5-6-10-19)13-7-3-4-8-14(13)22-15/h3-4,7-8,19H,2,5-6,9-10H2,1H3/b15-12-. The molecule has 1 aliphatic rings. The Bertz CT molecular complexity index is 622. The van der Waals surface area contributed by atoms with Crippen LogP contribution in [0.15, 0.2) is 39.8 Å². The van der Waals surface area contributed by atoms with Crippen molar-refractivity contribution in [2.75, 3.05) is 24.7 Å². The molecular formula is C16H18N2O3S. The predicted molar refractivity (Wildman–Crippen MR) is 85.2 cm³/mol. The van der Waals surface area contributed by atoms with Crippen molar-refractivity contribution in [1.82, 2.24) is 0 Å². The molecule has 1 aliphatic heterocycles. The summed E-state index contributed by atoms with van der Waals surface area (Å²) in [6.45, 7) is 2.72. The Morgan fingerprint density at radius 2 is 2.18 bits per heavy atom. The van der Waals surface area contributed by atoms with Crippen LogP contribution in [0.4, 0.5) is 5.69 Å². The number of aliphatic hydroxyl groups is 1. The second-order valence-corrected chi connectivity index (χ2v) is 5.70. The normalized spacial score (nSPS) is 15.2. The topological polar surface area (TPSA) is 73.6 Å². The number of carbonyl (C=O) groups is 1. The predicted octanol–water partition coefficient (Wildman–Crippen LogP) is 2.67. The monoisotopic (exact) mass is 318 g/mol. The number of ether oxygens (including phenoxy) is 1. The number of rotatable bonds is 6. The van der Waals surface area contributed by atoms with Gasteiger partial charge in [0.05, 0.1) is 12.3 Å². The number of hydrogen-bond acceptors (Lipinski definition) is 6. The molecule has 6 heteroatoms. The first-order valence-electron chi connectivity index (χ1n) is 7.19. The number of nitriles is 1. The van der Waals surface area contributed by atoms with E-state index in [2.05, 4.69) is 0 Å². The molecule has 22 heavy (non-hydrogen) atoms. The molecule has 0 bridgehead atoms. The van der Waals surface area contributed by atoms with Crippen molar-refractivity contribution in [2.45, 2.75) is 24.7 Å². The minimum Gasteiger partial charge on any atom is -0.462 e. The second-order valence-electron chi connectivity index (χ2n) is 4.66. The summed E-state index contributed by atoms with van der Waals surface area (Å²) in [7, 11) is 0. The van der Waals surface area contributed by atoms with Crippen LogP contribution in [0.1, 0.15) is 19.8 Å². The van der Waals surface area contributed by atoms with Crippen molar-refractivity contribution in [1.29, 1.82) is 5.26 Å².